The highest BCUT2D eigenvalue weighted by Gasteiger charge is 2.29. The van der Waals surface area contributed by atoms with E-state index in [0.717, 1.165) is 19.4 Å². The molecular weight excluding hydrogens is 176 g/mol. The Morgan fingerprint density at radius 3 is 3.07 bits per heavy atom. The molecule has 0 aromatic rings. The van der Waals surface area contributed by atoms with Gasteiger partial charge in [-0.3, -0.25) is 4.79 Å². The van der Waals surface area contributed by atoms with E-state index in [-0.39, 0.29) is 12.5 Å². The monoisotopic (exact) mass is 194 g/mol. The molecule has 0 radical (unpaired) electrons. The van der Waals surface area contributed by atoms with Gasteiger partial charge in [-0.1, -0.05) is 6.08 Å². The molecule has 1 unspecified atom stereocenters. The Morgan fingerprint density at radius 1 is 1.50 bits per heavy atom. The van der Waals surface area contributed by atoms with Gasteiger partial charge >= 0.3 is 0 Å². The summed E-state index contributed by atoms with van der Waals surface area (Å²) in [7, 11) is 0. The maximum Gasteiger partial charge on any atom is 0.240 e. The van der Waals surface area contributed by atoms with Gasteiger partial charge in [-0.05, 0) is 38.0 Å². The number of piperidine rings is 1. The summed E-state index contributed by atoms with van der Waals surface area (Å²) in [6.07, 6.45) is 8.27. The third-order valence-electron chi connectivity index (χ3n) is 3.25. The van der Waals surface area contributed by atoms with Gasteiger partial charge in [-0.15, -0.1) is 0 Å². The van der Waals surface area contributed by atoms with Crippen molar-refractivity contribution in [1.29, 1.82) is 0 Å². The van der Waals surface area contributed by atoms with Crippen molar-refractivity contribution in [1.82, 2.24) is 4.90 Å². The van der Waals surface area contributed by atoms with Gasteiger partial charge in [0, 0.05) is 12.2 Å². The molecule has 0 saturated carbocycles. The molecule has 1 aliphatic heterocycles. The number of nitrogens with zero attached hydrogens (tertiary/aromatic N) is 1. The molecule has 1 fully saturated rings. The highest BCUT2D eigenvalue weighted by molar-refractivity contribution is 5.80. The van der Waals surface area contributed by atoms with Crippen molar-refractivity contribution in [3.05, 3.63) is 11.8 Å². The first-order chi connectivity index (χ1) is 6.83. The molecule has 2 aliphatic rings. The normalized spacial score (nSPS) is 26.8. The van der Waals surface area contributed by atoms with Crippen molar-refractivity contribution in [2.24, 2.45) is 11.7 Å². The van der Waals surface area contributed by atoms with Gasteiger partial charge in [-0.2, -0.15) is 0 Å². The molecule has 2 N–H and O–H groups in total. The Hall–Kier alpha value is -0.830. The van der Waals surface area contributed by atoms with Crippen molar-refractivity contribution in [3.63, 3.8) is 0 Å². The number of carbonyl (C=O) groups is 1. The summed E-state index contributed by atoms with van der Waals surface area (Å²) in [6, 6.07) is 0. The number of amides is 1. The summed E-state index contributed by atoms with van der Waals surface area (Å²) in [5, 5.41) is 0. The van der Waals surface area contributed by atoms with Gasteiger partial charge in [0.25, 0.3) is 0 Å². The molecule has 0 bridgehead atoms. The van der Waals surface area contributed by atoms with Crippen molar-refractivity contribution in [3.8, 4) is 0 Å². The van der Waals surface area contributed by atoms with E-state index >= 15 is 0 Å². The zero-order valence-corrected chi connectivity index (χ0v) is 8.54. The highest BCUT2D eigenvalue weighted by atomic mass is 16.2. The van der Waals surface area contributed by atoms with Crippen LogP contribution in [0, 0.1) is 5.92 Å². The zero-order valence-electron chi connectivity index (χ0n) is 8.54. The quantitative estimate of drug-likeness (QED) is 0.683. The standard InChI is InChI=1S/C11H18N2O/c12-8-11(14)13-7-3-5-9-4-1-2-6-10(9)13/h6,9H,1-5,7-8,12H2. The lowest BCUT2D eigenvalue weighted by Gasteiger charge is -2.37. The van der Waals surface area contributed by atoms with Crippen molar-refractivity contribution in [2.75, 3.05) is 13.1 Å². The summed E-state index contributed by atoms with van der Waals surface area (Å²) in [4.78, 5) is 13.5. The maximum absolute atomic E-state index is 11.6. The molecule has 14 heavy (non-hydrogen) atoms. The van der Waals surface area contributed by atoms with Crippen LogP contribution in [0.4, 0.5) is 0 Å². The van der Waals surface area contributed by atoms with E-state index in [2.05, 4.69) is 6.08 Å². The molecule has 78 valence electrons. The van der Waals surface area contributed by atoms with E-state index in [1.807, 2.05) is 4.90 Å². The molecule has 0 spiro atoms. The first-order valence-corrected chi connectivity index (χ1v) is 5.53. The largest absolute Gasteiger partial charge is 0.322 e. The number of fused-ring (bicyclic) bond motifs is 1. The average molecular weight is 194 g/mol. The fourth-order valence-corrected chi connectivity index (χ4v) is 2.56. The second-order valence-electron chi connectivity index (χ2n) is 4.15. The smallest absolute Gasteiger partial charge is 0.240 e. The second-order valence-corrected chi connectivity index (χ2v) is 4.15. The summed E-state index contributed by atoms with van der Waals surface area (Å²) in [6.45, 7) is 1.02. The molecule has 1 amide bonds. The van der Waals surface area contributed by atoms with Crippen molar-refractivity contribution in [2.45, 2.75) is 32.1 Å². The zero-order chi connectivity index (χ0) is 9.97. The molecule has 1 aliphatic carbocycles. The van der Waals surface area contributed by atoms with Gasteiger partial charge < -0.3 is 10.6 Å². The number of hydrogen-bond acceptors (Lipinski definition) is 2. The number of likely N-dealkylation sites (tertiary alicyclic amines) is 1. The van der Waals surface area contributed by atoms with Crippen LogP contribution >= 0.6 is 0 Å². The molecule has 0 aromatic carbocycles. The first-order valence-electron chi connectivity index (χ1n) is 5.53. The van der Waals surface area contributed by atoms with E-state index in [1.165, 1.54) is 25.0 Å². The Kier molecular flexibility index (Phi) is 2.87. The SMILES string of the molecule is NCC(=O)N1CCCC2CCCC=C21. The van der Waals surface area contributed by atoms with E-state index in [1.54, 1.807) is 0 Å². The van der Waals surface area contributed by atoms with E-state index in [0.29, 0.717) is 5.92 Å². The van der Waals surface area contributed by atoms with E-state index < -0.39 is 0 Å². The summed E-state index contributed by atoms with van der Waals surface area (Å²) in [5.74, 6) is 0.718. The van der Waals surface area contributed by atoms with Crippen molar-refractivity contribution >= 4 is 5.91 Å². The highest BCUT2D eigenvalue weighted by Crippen LogP contribution is 2.34. The predicted molar refractivity (Wildman–Crippen MR) is 55.4 cm³/mol. The van der Waals surface area contributed by atoms with Crippen LogP contribution in [0.3, 0.4) is 0 Å². The average Bonchev–Trinajstić information content (AvgIpc) is 2.27. The molecule has 1 atom stereocenters. The van der Waals surface area contributed by atoms with Crippen LogP contribution in [0.15, 0.2) is 11.8 Å². The third kappa shape index (κ3) is 1.69. The molecular formula is C11H18N2O. The molecule has 1 heterocycles. The summed E-state index contributed by atoms with van der Waals surface area (Å²) < 4.78 is 0. The Bertz CT molecular complexity index is 260. The van der Waals surface area contributed by atoms with Crippen LogP contribution in [-0.2, 0) is 4.79 Å². The number of allylic oxidation sites excluding steroid dienone is 2. The van der Waals surface area contributed by atoms with Gasteiger partial charge in [-0.25, -0.2) is 0 Å². The van der Waals surface area contributed by atoms with Crippen LogP contribution in [0.5, 0.6) is 0 Å². The van der Waals surface area contributed by atoms with Crippen LogP contribution in [0.25, 0.3) is 0 Å². The van der Waals surface area contributed by atoms with Gasteiger partial charge in [0.1, 0.15) is 0 Å². The summed E-state index contributed by atoms with van der Waals surface area (Å²) >= 11 is 0. The minimum atomic E-state index is 0.0860. The molecule has 3 nitrogen and oxygen atoms in total. The molecule has 2 rings (SSSR count). The van der Waals surface area contributed by atoms with E-state index in [9.17, 15) is 4.79 Å². The lowest BCUT2D eigenvalue weighted by Crippen LogP contribution is -2.41. The van der Waals surface area contributed by atoms with Crippen molar-refractivity contribution < 1.29 is 4.79 Å². The fourth-order valence-electron chi connectivity index (χ4n) is 2.56. The van der Waals surface area contributed by atoms with Gasteiger partial charge in [0.15, 0.2) is 0 Å². The molecule has 0 aromatic heterocycles. The predicted octanol–water partition coefficient (Wildman–Crippen LogP) is 1.25. The van der Waals surface area contributed by atoms with Gasteiger partial charge in [0.2, 0.25) is 5.91 Å². The second kappa shape index (κ2) is 4.13. The van der Waals surface area contributed by atoms with Crippen LogP contribution < -0.4 is 5.73 Å². The van der Waals surface area contributed by atoms with Gasteiger partial charge in [0.05, 0.1) is 6.54 Å². The van der Waals surface area contributed by atoms with Crippen LogP contribution in [0.1, 0.15) is 32.1 Å². The number of hydrogen-bond donors (Lipinski definition) is 1. The number of nitrogens with two attached hydrogens (primary N) is 1. The Balaban J connectivity index is 2.16. The lowest BCUT2D eigenvalue weighted by atomic mass is 9.85. The Labute approximate surface area is 84.9 Å². The maximum atomic E-state index is 11.6. The molecule has 1 saturated heterocycles. The summed E-state index contributed by atoms with van der Waals surface area (Å²) in [5.41, 5.74) is 6.67. The number of rotatable bonds is 1. The lowest BCUT2D eigenvalue weighted by molar-refractivity contribution is -0.129. The van der Waals surface area contributed by atoms with E-state index in [4.69, 9.17) is 5.73 Å². The number of carbonyl (C=O) groups excluding carboxylic acids is 1. The molecule has 3 heteroatoms. The minimum absolute atomic E-state index is 0.0860. The third-order valence-corrected chi connectivity index (χ3v) is 3.25. The van der Waals surface area contributed by atoms with Crippen LogP contribution in [0.2, 0.25) is 0 Å². The Morgan fingerprint density at radius 2 is 2.29 bits per heavy atom. The van der Waals surface area contributed by atoms with Crippen LogP contribution in [-0.4, -0.2) is 23.9 Å². The minimum Gasteiger partial charge on any atom is -0.322 e. The fraction of sp³-hybridized carbons (Fsp3) is 0.727. The topological polar surface area (TPSA) is 46.3 Å². The first kappa shape index (κ1) is 9.71.